The van der Waals surface area contributed by atoms with Crippen molar-refractivity contribution in [2.24, 2.45) is 0 Å². The van der Waals surface area contributed by atoms with Crippen LogP contribution in [0, 0.1) is 0 Å². The van der Waals surface area contributed by atoms with Gasteiger partial charge in [0, 0.05) is 11.8 Å². The summed E-state index contributed by atoms with van der Waals surface area (Å²) in [7, 11) is 4.76. The van der Waals surface area contributed by atoms with E-state index in [9.17, 15) is 0 Å². The third-order valence-electron chi connectivity index (χ3n) is 4.76. The van der Waals surface area contributed by atoms with Crippen molar-refractivity contribution in [1.29, 1.82) is 0 Å². The number of nitrogens with zero attached hydrogens (tertiary/aromatic N) is 1. The van der Waals surface area contributed by atoms with Gasteiger partial charge in [0.25, 0.3) is 0 Å². The molecule has 1 nitrogen and oxygen atoms in total. The lowest BCUT2D eigenvalue weighted by atomic mass is 10.0. The molecule has 0 aromatic heterocycles. The summed E-state index contributed by atoms with van der Waals surface area (Å²) in [4.78, 5) is 0. The highest BCUT2D eigenvalue weighted by molar-refractivity contribution is 9.09. The molecule has 0 saturated heterocycles. The molecule has 0 heterocycles. The molecule has 142 valence electrons. The minimum atomic E-state index is 0. The second-order valence-electron chi connectivity index (χ2n) is 7.67. The van der Waals surface area contributed by atoms with Crippen LogP contribution in [0.4, 0.5) is 0 Å². The van der Waals surface area contributed by atoms with Crippen molar-refractivity contribution in [2.75, 3.05) is 32.5 Å². The fourth-order valence-corrected chi connectivity index (χ4v) is 3.41. The van der Waals surface area contributed by atoms with E-state index in [1.165, 1.54) is 107 Å². The summed E-state index contributed by atoms with van der Waals surface area (Å²) in [5, 5.41) is 1.15. The Labute approximate surface area is 173 Å². The Morgan fingerprint density at radius 1 is 0.565 bits per heavy atom. The highest BCUT2D eigenvalue weighted by Gasteiger charge is 2.12. The second-order valence-corrected chi connectivity index (χ2v) is 8.46. The monoisotopic (exact) mass is 503 g/mol. The van der Waals surface area contributed by atoms with Gasteiger partial charge >= 0.3 is 0 Å². The number of rotatable bonds is 17. The Balaban J connectivity index is 0. The van der Waals surface area contributed by atoms with Gasteiger partial charge in [-0.1, -0.05) is 93.5 Å². The Bertz CT molecular complexity index is 222. The molecule has 0 fully saturated rings. The van der Waals surface area contributed by atoms with E-state index < -0.39 is 0 Å². The number of halogens is 2. The van der Waals surface area contributed by atoms with Gasteiger partial charge in [0.1, 0.15) is 0 Å². The molecule has 0 aliphatic heterocycles. The van der Waals surface area contributed by atoms with Gasteiger partial charge < -0.3 is 28.5 Å². The van der Waals surface area contributed by atoms with Crippen LogP contribution in [-0.4, -0.2) is 37.0 Å². The fraction of sp³-hybridized carbons (Fsp3) is 1.00. The van der Waals surface area contributed by atoms with Gasteiger partial charge in [-0.3, -0.25) is 0 Å². The summed E-state index contributed by atoms with van der Waals surface area (Å²) in [6.45, 7) is 4.96. The van der Waals surface area contributed by atoms with E-state index in [1.807, 2.05) is 0 Å². The minimum Gasteiger partial charge on any atom is -1.00 e. The Hall–Kier alpha value is 1.17. The van der Waals surface area contributed by atoms with Crippen LogP contribution in [0.3, 0.4) is 0 Å². The van der Waals surface area contributed by atoms with Crippen LogP contribution in [0.2, 0.25) is 0 Å². The number of quaternary nitrogens is 1. The first kappa shape index (κ1) is 26.4. The molecule has 0 aliphatic carbocycles. The van der Waals surface area contributed by atoms with E-state index in [0.717, 1.165) is 5.33 Å². The van der Waals surface area contributed by atoms with Gasteiger partial charge in [-0.2, -0.15) is 0 Å². The lowest BCUT2D eigenvalue weighted by Crippen LogP contribution is -3.00. The molecule has 0 aromatic rings. The molecule has 0 atom stereocenters. The topological polar surface area (TPSA) is 0 Å². The Morgan fingerprint density at radius 3 is 1.30 bits per heavy atom. The smallest absolute Gasteiger partial charge is 0.0790 e. The molecule has 0 saturated carbocycles. The predicted molar refractivity (Wildman–Crippen MR) is 106 cm³/mol. The highest BCUT2D eigenvalue weighted by Crippen LogP contribution is 2.13. The average molecular weight is 504 g/mol. The Kier molecular flexibility index (Phi) is 22.4. The molecule has 0 amide bonds. The third kappa shape index (κ3) is 21.1. The van der Waals surface area contributed by atoms with Gasteiger partial charge in [0.15, 0.2) is 0 Å². The van der Waals surface area contributed by atoms with Crippen molar-refractivity contribution < 1.29 is 28.5 Å². The number of alkyl halides is 1. The molecule has 0 spiro atoms. The molecule has 0 aromatic carbocycles. The van der Waals surface area contributed by atoms with E-state index in [4.69, 9.17) is 0 Å². The first-order valence-electron chi connectivity index (χ1n) is 10.0. The van der Waals surface area contributed by atoms with Crippen LogP contribution >= 0.6 is 15.9 Å². The standard InChI is InChI=1S/C20H43BrN.HI/c1-4-5-6-7-8-9-10-11-12-13-14-15-16-19-22(2,3)20-17-18-21;/h4-20H2,1-3H3;1H/q+1;/p-1. The number of unbranched alkanes of at least 4 members (excludes halogenated alkanes) is 12. The van der Waals surface area contributed by atoms with Crippen LogP contribution in [0.15, 0.2) is 0 Å². The maximum absolute atomic E-state index is 3.54. The molecular formula is C20H43BrIN. The predicted octanol–water partition coefficient (Wildman–Crippen LogP) is 3.94. The minimum absolute atomic E-state index is 0. The van der Waals surface area contributed by atoms with Crippen LogP contribution in [0.25, 0.3) is 0 Å². The summed E-state index contributed by atoms with van der Waals surface area (Å²) in [5.74, 6) is 0. The van der Waals surface area contributed by atoms with Gasteiger partial charge in [-0.25, -0.2) is 0 Å². The van der Waals surface area contributed by atoms with Crippen LogP contribution in [0.1, 0.15) is 96.8 Å². The molecule has 0 aliphatic rings. The van der Waals surface area contributed by atoms with Crippen LogP contribution in [0.5, 0.6) is 0 Å². The van der Waals surface area contributed by atoms with Crippen LogP contribution < -0.4 is 24.0 Å². The second kappa shape index (κ2) is 19.5. The maximum atomic E-state index is 3.54. The van der Waals surface area contributed by atoms with Crippen molar-refractivity contribution in [3.05, 3.63) is 0 Å². The zero-order valence-corrected chi connectivity index (χ0v) is 20.0. The van der Waals surface area contributed by atoms with E-state index in [1.54, 1.807) is 0 Å². The number of hydrogen-bond donors (Lipinski definition) is 0. The quantitative estimate of drug-likeness (QED) is 0.122. The van der Waals surface area contributed by atoms with Crippen molar-refractivity contribution in [3.63, 3.8) is 0 Å². The summed E-state index contributed by atoms with van der Waals surface area (Å²) < 4.78 is 1.20. The first-order chi connectivity index (χ1) is 10.6. The van der Waals surface area contributed by atoms with E-state index in [-0.39, 0.29) is 24.0 Å². The highest BCUT2D eigenvalue weighted by atomic mass is 127. The maximum Gasteiger partial charge on any atom is 0.0790 e. The Morgan fingerprint density at radius 2 is 0.913 bits per heavy atom. The largest absolute Gasteiger partial charge is 1.00 e. The number of hydrogen-bond acceptors (Lipinski definition) is 0. The van der Waals surface area contributed by atoms with Crippen LogP contribution in [-0.2, 0) is 0 Å². The van der Waals surface area contributed by atoms with Gasteiger partial charge in [-0.05, 0) is 12.8 Å². The zero-order valence-electron chi connectivity index (χ0n) is 16.2. The normalized spacial score (nSPS) is 11.5. The van der Waals surface area contributed by atoms with E-state index in [0.29, 0.717) is 0 Å². The van der Waals surface area contributed by atoms with Crippen molar-refractivity contribution in [2.45, 2.75) is 96.8 Å². The molecule has 0 unspecified atom stereocenters. The fourth-order valence-electron chi connectivity index (χ4n) is 3.16. The lowest BCUT2D eigenvalue weighted by molar-refractivity contribution is -0.890. The van der Waals surface area contributed by atoms with Gasteiger partial charge in [-0.15, -0.1) is 0 Å². The zero-order chi connectivity index (χ0) is 16.5. The lowest BCUT2D eigenvalue weighted by Gasteiger charge is -2.29. The molecule has 23 heavy (non-hydrogen) atoms. The summed E-state index contributed by atoms with van der Waals surface area (Å²) in [6.07, 6.45) is 20.2. The molecular weight excluding hydrogens is 461 g/mol. The third-order valence-corrected chi connectivity index (χ3v) is 5.32. The molecule has 0 rings (SSSR count). The van der Waals surface area contributed by atoms with E-state index in [2.05, 4.69) is 36.9 Å². The van der Waals surface area contributed by atoms with Crippen molar-refractivity contribution in [3.8, 4) is 0 Å². The summed E-state index contributed by atoms with van der Waals surface area (Å²) >= 11 is 3.54. The molecule has 0 radical (unpaired) electrons. The van der Waals surface area contributed by atoms with Crippen molar-refractivity contribution >= 4 is 15.9 Å². The molecule has 3 heteroatoms. The van der Waals surface area contributed by atoms with Gasteiger partial charge in [0.2, 0.25) is 0 Å². The summed E-state index contributed by atoms with van der Waals surface area (Å²) in [5.41, 5.74) is 0. The average Bonchev–Trinajstić information content (AvgIpc) is 2.50. The van der Waals surface area contributed by atoms with Gasteiger partial charge in [0.05, 0.1) is 27.2 Å². The summed E-state index contributed by atoms with van der Waals surface area (Å²) in [6, 6.07) is 0. The first-order valence-corrected chi connectivity index (χ1v) is 11.1. The van der Waals surface area contributed by atoms with Crippen molar-refractivity contribution in [1.82, 2.24) is 0 Å². The SMILES string of the molecule is CCCCCCCCCCCCCCC[N+](C)(C)CCCBr.[I-]. The molecule has 0 bridgehead atoms. The van der Waals surface area contributed by atoms with E-state index >= 15 is 0 Å². The molecule has 0 N–H and O–H groups in total.